The van der Waals surface area contributed by atoms with E-state index in [0.29, 0.717) is 24.1 Å². The van der Waals surface area contributed by atoms with Crippen molar-refractivity contribution in [3.8, 4) is 0 Å². The molecule has 0 spiro atoms. The summed E-state index contributed by atoms with van der Waals surface area (Å²) in [6.07, 6.45) is 7.85. The molecule has 2 aromatic heterocycles. The van der Waals surface area contributed by atoms with Crippen molar-refractivity contribution in [3.05, 3.63) is 113 Å². The van der Waals surface area contributed by atoms with Crippen molar-refractivity contribution in [2.24, 2.45) is 5.73 Å². The molecular formula is C26H22N5O3+. The van der Waals surface area contributed by atoms with Gasteiger partial charge in [0.2, 0.25) is 0 Å². The highest BCUT2D eigenvalue weighted by Gasteiger charge is 2.12. The summed E-state index contributed by atoms with van der Waals surface area (Å²) in [5.74, 6) is 0.0609. The summed E-state index contributed by atoms with van der Waals surface area (Å²) < 4.78 is 9.91. The average Bonchev–Trinajstić information content (AvgIpc) is 3.52. The van der Waals surface area contributed by atoms with Crippen LogP contribution < -0.4 is 16.5 Å². The molecule has 8 nitrogen and oxygen atoms in total. The fourth-order valence-electron chi connectivity index (χ4n) is 3.91. The van der Waals surface area contributed by atoms with Crippen LogP contribution in [0.4, 0.5) is 5.69 Å². The molecule has 8 heteroatoms. The molecule has 0 atom stereocenters. The third kappa shape index (κ3) is 4.71. The summed E-state index contributed by atoms with van der Waals surface area (Å²) in [7, 11) is 0. The van der Waals surface area contributed by atoms with Crippen molar-refractivity contribution in [2.45, 2.75) is 12.8 Å². The second kappa shape index (κ2) is 9.03. The minimum atomic E-state index is -0.200. The molecule has 3 aromatic carbocycles. The lowest BCUT2D eigenvalue weighted by atomic mass is 10.00. The molecule has 0 bridgehead atoms. The van der Waals surface area contributed by atoms with Gasteiger partial charge < -0.3 is 14.4 Å². The van der Waals surface area contributed by atoms with Gasteiger partial charge in [0.1, 0.15) is 12.5 Å². The second-order valence-corrected chi connectivity index (χ2v) is 8.14. The second-order valence-electron chi connectivity index (χ2n) is 8.14. The van der Waals surface area contributed by atoms with E-state index < -0.39 is 0 Å². The van der Waals surface area contributed by atoms with Crippen molar-refractivity contribution < 1.29 is 19.3 Å². The van der Waals surface area contributed by atoms with E-state index in [2.05, 4.69) is 21.7 Å². The zero-order chi connectivity index (χ0) is 23.5. The molecule has 0 radical (unpaired) electrons. The maximum Gasteiger partial charge on any atom is 0.270 e. The summed E-state index contributed by atoms with van der Waals surface area (Å²) in [6, 6.07) is 17.2. The average molecular weight is 452 g/mol. The molecule has 5 N–H and O–H groups in total. The number of nitrogens with two attached hydrogens (primary N) is 2. The van der Waals surface area contributed by atoms with Crippen LogP contribution in [0.1, 0.15) is 38.2 Å². The van der Waals surface area contributed by atoms with Gasteiger partial charge >= 0.3 is 0 Å². The molecule has 0 aliphatic rings. The van der Waals surface area contributed by atoms with E-state index in [1.165, 1.54) is 0 Å². The molecular weight excluding hydrogens is 430 g/mol. The van der Waals surface area contributed by atoms with Crippen LogP contribution in [0, 0.1) is 0 Å². The summed E-state index contributed by atoms with van der Waals surface area (Å²) in [5, 5.41) is 18.1. The van der Waals surface area contributed by atoms with Crippen LogP contribution in [0.2, 0.25) is 0 Å². The Balaban J connectivity index is 1.42. The number of amidine groups is 1. The standard InChI is InChI=1S/C26H21N5O3/c27-25(28)22-3-1-21-11-23(4-2-20(21)10-22)26(32)31-24-8-16(6-18-12-29-33-14-18)5-17(9-24)7-19-13-30-34-15-19/h1-5,8-15H,6-7H2,(H3,27,28)(H,31,32)/p+1. The zero-order valence-corrected chi connectivity index (χ0v) is 18.2. The number of amides is 1. The van der Waals surface area contributed by atoms with Crippen LogP contribution in [-0.4, -0.2) is 22.1 Å². The Kier molecular flexibility index (Phi) is 5.61. The highest BCUT2D eigenvalue weighted by atomic mass is 16.5. The van der Waals surface area contributed by atoms with Gasteiger partial charge in [-0.15, -0.1) is 0 Å². The number of carbonyl (C=O) groups excluding carboxylic acids is 1. The van der Waals surface area contributed by atoms with Gasteiger partial charge in [-0.3, -0.25) is 15.9 Å². The minimum Gasteiger partial charge on any atom is -0.364 e. The first-order valence-corrected chi connectivity index (χ1v) is 10.7. The van der Waals surface area contributed by atoms with Crippen LogP contribution in [0.3, 0.4) is 0 Å². The number of aromatic nitrogens is 2. The van der Waals surface area contributed by atoms with Crippen molar-refractivity contribution in [1.29, 1.82) is 0 Å². The SMILES string of the molecule is NC(=[NH2+])c1ccc2cc(C(=O)Nc3cc(Cc4cnoc4)cc(Cc4cnoc4)c3)ccc2c1. The first-order valence-electron chi connectivity index (χ1n) is 10.7. The Labute approximate surface area is 194 Å². The number of nitrogens with zero attached hydrogens (tertiary/aromatic N) is 2. The predicted molar refractivity (Wildman–Crippen MR) is 127 cm³/mol. The van der Waals surface area contributed by atoms with Gasteiger partial charge in [0, 0.05) is 35.2 Å². The lowest BCUT2D eigenvalue weighted by molar-refractivity contribution is -0.114. The van der Waals surface area contributed by atoms with Gasteiger partial charge in [-0.05, 0) is 58.3 Å². The molecule has 0 aliphatic carbocycles. The number of fused-ring (bicyclic) bond motifs is 1. The van der Waals surface area contributed by atoms with Crippen molar-refractivity contribution in [2.75, 3.05) is 5.32 Å². The summed E-state index contributed by atoms with van der Waals surface area (Å²) in [4.78, 5) is 13.1. The van der Waals surface area contributed by atoms with E-state index in [4.69, 9.17) is 20.2 Å². The fraction of sp³-hybridized carbons (Fsp3) is 0.0769. The van der Waals surface area contributed by atoms with Gasteiger partial charge in [-0.1, -0.05) is 28.5 Å². The van der Waals surface area contributed by atoms with E-state index in [1.807, 2.05) is 42.5 Å². The largest absolute Gasteiger partial charge is 0.364 e. The third-order valence-electron chi connectivity index (χ3n) is 5.53. The highest BCUT2D eigenvalue weighted by molar-refractivity contribution is 6.07. The number of rotatable bonds is 7. The van der Waals surface area contributed by atoms with E-state index in [-0.39, 0.29) is 11.7 Å². The maximum absolute atomic E-state index is 13.1. The van der Waals surface area contributed by atoms with Crippen LogP contribution in [-0.2, 0) is 12.8 Å². The maximum atomic E-state index is 13.1. The molecule has 34 heavy (non-hydrogen) atoms. The zero-order valence-electron chi connectivity index (χ0n) is 18.2. The van der Waals surface area contributed by atoms with Gasteiger partial charge in [0.05, 0.1) is 18.0 Å². The minimum absolute atomic E-state index is 0.200. The van der Waals surface area contributed by atoms with Gasteiger partial charge in [0.25, 0.3) is 11.7 Å². The summed E-state index contributed by atoms with van der Waals surface area (Å²) >= 11 is 0. The van der Waals surface area contributed by atoms with E-state index in [9.17, 15) is 4.79 Å². The van der Waals surface area contributed by atoms with E-state index in [1.54, 1.807) is 31.0 Å². The highest BCUT2D eigenvalue weighted by Crippen LogP contribution is 2.23. The predicted octanol–water partition coefficient (Wildman–Crippen LogP) is 2.71. The van der Waals surface area contributed by atoms with Crippen LogP contribution in [0.15, 0.2) is 88.6 Å². The summed E-state index contributed by atoms with van der Waals surface area (Å²) in [6.45, 7) is 0. The molecule has 168 valence electrons. The number of nitrogens with one attached hydrogen (secondary N) is 1. The van der Waals surface area contributed by atoms with Crippen molar-refractivity contribution in [3.63, 3.8) is 0 Å². The lowest BCUT2D eigenvalue weighted by Crippen LogP contribution is -2.46. The number of hydrogen-bond donors (Lipinski definition) is 3. The normalized spacial score (nSPS) is 10.9. The number of hydrogen-bond acceptors (Lipinski definition) is 5. The number of anilines is 1. The monoisotopic (exact) mass is 452 g/mol. The molecule has 2 heterocycles. The van der Waals surface area contributed by atoms with Gasteiger partial charge in [-0.2, -0.15) is 0 Å². The lowest BCUT2D eigenvalue weighted by Gasteiger charge is -2.11. The fourth-order valence-corrected chi connectivity index (χ4v) is 3.91. The molecule has 5 aromatic rings. The Bertz CT molecular complexity index is 1420. The van der Waals surface area contributed by atoms with Crippen LogP contribution in [0.25, 0.3) is 10.8 Å². The molecule has 0 unspecified atom stereocenters. The molecule has 0 saturated carbocycles. The molecule has 0 fully saturated rings. The third-order valence-corrected chi connectivity index (χ3v) is 5.53. The molecule has 1 amide bonds. The van der Waals surface area contributed by atoms with Gasteiger partial charge in [0.15, 0.2) is 0 Å². The van der Waals surface area contributed by atoms with Crippen LogP contribution >= 0.6 is 0 Å². The first-order chi connectivity index (χ1) is 16.5. The Hall–Kier alpha value is -4.72. The molecule has 5 rings (SSSR count). The Morgan fingerprint density at radius 3 is 1.88 bits per heavy atom. The summed E-state index contributed by atoms with van der Waals surface area (Å²) in [5.41, 5.74) is 11.6. The van der Waals surface area contributed by atoms with E-state index >= 15 is 0 Å². The smallest absolute Gasteiger partial charge is 0.270 e. The number of benzene rings is 3. The first kappa shape index (κ1) is 21.1. The molecule has 0 aliphatic heterocycles. The Morgan fingerprint density at radius 2 is 1.35 bits per heavy atom. The van der Waals surface area contributed by atoms with E-state index in [0.717, 1.165) is 38.6 Å². The van der Waals surface area contributed by atoms with Gasteiger partial charge in [-0.25, -0.2) is 0 Å². The topological polar surface area (TPSA) is 133 Å². The quantitative estimate of drug-likeness (QED) is 0.257. The van der Waals surface area contributed by atoms with Crippen molar-refractivity contribution in [1.82, 2.24) is 10.3 Å². The number of carbonyl (C=O) groups is 1. The molecule has 0 saturated heterocycles. The van der Waals surface area contributed by atoms with Crippen LogP contribution in [0.5, 0.6) is 0 Å². The van der Waals surface area contributed by atoms with Crippen molar-refractivity contribution >= 4 is 28.2 Å². The Morgan fingerprint density at radius 1 is 0.794 bits per heavy atom.